The van der Waals surface area contributed by atoms with Gasteiger partial charge in [0.1, 0.15) is 0 Å². The van der Waals surface area contributed by atoms with E-state index in [0.717, 1.165) is 29.9 Å². The molecule has 0 radical (unpaired) electrons. The summed E-state index contributed by atoms with van der Waals surface area (Å²) >= 11 is 1.65. The SMILES string of the molecule is COC1(C(Cc2cn3ccsc3n2)NN)CCCC(C)C1. The van der Waals surface area contributed by atoms with Crippen LogP contribution in [0.25, 0.3) is 4.96 Å². The molecule has 5 nitrogen and oxygen atoms in total. The average Bonchev–Trinajstić information content (AvgIpc) is 3.05. The molecule has 3 atom stereocenters. The summed E-state index contributed by atoms with van der Waals surface area (Å²) in [6.45, 7) is 2.30. The topological polar surface area (TPSA) is 64.6 Å². The van der Waals surface area contributed by atoms with Gasteiger partial charge in [-0.3, -0.25) is 15.7 Å². The molecule has 0 aromatic carbocycles. The van der Waals surface area contributed by atoms with Crippen LogP contribution in [0.15, 0.2) is 17.8 Å². The Morgan fingerprint density at radius 3 is 3.19 bits per heavy atom. The lowest BCUT2D eigenvalue weighted by molar-refractivity contribution is -0.0792. The van der Waals surface area contributed by atoms with Gasteiger partial charge in [-0.15, -0.1) is 11.3 Å². The van der Waals surface area contributed by atoms with Crippen molar-refractivity contribution in [3.63, 3.8) is 0 Å². The number of nitrogens with two attached hydrogens (primary N) is 1. The Labute approximate surface area is 129 Å². The summed E-state index contributed by atoms with van der Waals surface area (Å²) in [7, 11) is 1.81. The predicted octanol–water partition coefficient (Wildman–Crippen LogP) is 2.37. The third-order valence-electron chi connectivity index (χ3n) is 4.79. The highest BCUT2D eigenvalue weighted by atomic mass is 32.1. The van der Waals surface area contributed by atoms with Crippen LogP contribution >= 0.6 is 11.3 Å². The van der Waals surface area contributed by atoms with Crippen LogP contribution in [0.5, 0.6) is 0 Å². The van der Waals surface area contributed by atoms with Gasteiger partial charge in [-0.2, -0.15) is 0 Å². The Morgan fingerprint density at radius 1 is 1.67 bits per heavy atom. The van der Waals surface area contributed by atoms with Gasteiger partial charge in [0, 0.05) is 31.3 Å². The normalized spacial score (nSPS) is 28.0. The molecule has 1 aliphatic rings. The van der Waals surface area contributed by atoms with Crippen molar-refractivity contribution in [1.29, 1.82) is 0 Å². The van der Waals surface area contributed by atoms with Crippen LogP contribution in [0, 0.1) is 5.92 Å². The van der Waals surface area contributed by atoms with Gasteiger partial charge < -0.3 is 4.74 Å². The zero-order valence-electron chi connectivity index (χ0n) is 12.7. The quantitative estimate of drug-likeness (QED) is 0.657. The molecule has 0 aliphatic heterocycles. The van der Waals surface area contributed by atoms with E-state index in [1.54, 1.807) is 11.3 Å². The van der Waals surface area contributed by atoms with E-state index in [0.29, 0.717) is 5.92 Å². The molecule has 6 heteroatoms. The van der Waals surface area contributed by atoms with Gasteiger partial charge in [0.05, 0.1) is 17.3 Å². The van der Waals surface area contributed by atoms with Crippen LogP contribution in [-0.4, -0.2) is 28.1 Å². The van der Waals surface area contributed by atoms with Crippen LogP contribution in [-0.2, 0) is 11.2 Å². The molecule has 2 heterocycles. The molecule has 2 aromatic rings. The molecular formula is C15H24N4OS. The standard InChI is InChI=1S/C15H24N4OS/c1-11-4-3-5-15(9-11,20-2)13(18-16)8-12-10-19-6-7-21-14(19)17-12/h6-7,10-11,13,18H,3-5,8-9,16H2,1-2H3. The molecule has 3 rings (SSSR count). The molecule has 116 valence electrons. The zero-order chi connectivity index (χ0) is 14.9. The maximum atomic E-state index is 5.96. The van der Waals surface area contributed by atoms with Crippen LogP contribution in [0.4, 0.5) is 0 Å². The lowest BCUT2D eigenvalue weighted by atomic mass is 9.73. The fourth-order valence-electron chi connectivity index (χ4n) is 3.67. The highest BCUT2D eigenvalue weighted by Gasteiger charge is 2.42. The van der Waals surface area contributed by atoms with Gasteiger partial charge in [0.25, 0.3) is 0 Å². The van der Waals surface area contributed by atoms with E-state index in [9.17, 15) is 0 Å². The summed E-state index contributed by atoms with van der Waals surface area (Å²) < 4.78 is 8.02. The minimum Gasteiger partial charge on any atom is -0.377 e. The van der Waals surface area contributed by atoms with Gasteiger partial charge in [0.15, 0.2) is 4.96 Å². The fourth-order valence-corrected chi connectivity index (χ4v) is 4.39. The van der Waals surface area contributed by atoms with Gasteiger partial charge in [-0.1, -0.05) is 19.8 Å². The second-order valence-electron chi connectivity index (χ2n) is 6.22. The molecule has 3 unspecified atom stereocenters. The van der Waals surface area contributed by atoms with Crippen LogP contribution in [0.1, 0.15) is 38.3 Å². The molecule has 2 aromatic heterocycles. The third kappa shape index (κ3) is 2.85. The van der Waals surface area contributed by atoms with Gasteiger partial charge in [-0.05, 0) is 18.8 Å². The molecule has 0 saturated heterocycles. The first kappa shape index (κ1) is 15.0. The Morgan fingerprint density at radius 2 is 2.52 bits per heavy atom. The maximum Gasteiger partial charge on any atom is 0.193 e. The Hall–Kier alpha value is -0.950. The summed E-state index contributed by atoms with van der Waals surface area (Å²) in [6, 6.07) is 0.0925. The second-order valence-corrected chi connectivity index (χ2v) is 7.09. The molecule has 0 spiro atoms. The minimum absolute atomic E-state index is 0.0925. The number of nitrogens with one attached hydrogen (secondary N) is 1. The highest BCUT2D eigenvalue weighted by Crippen LogP contribution is 2.38. The van der Waals surface area contributed by atoms with Crippen molar-refractivity contribution in [1.82, 2.24) is 14.8 Å². The van der Waals surface area contributed by atoms with Crippen molar-refractivity contribution in [3.8, 4) is 0 Å². The summed E-state index contributed by atoms with van der Waals surface area (Å²) in [5, 5.41) is 2.05. The van der Waals surface area contributed by atoms with E-state index < -0.39 is 0 Å². The van der Waals surface area contributed by atoms with Gasteiger partial charge in [0.2, 0.25) is 0 Å². The smallest absolute Gasteiger partial charge is 0.193 e. The number of ether oxygens (including phenoxy) is 1. The monoisotopic (exact) mass is 308 g/mol. The van der Waals surface area contributed by atoms with E-state index >= 15 is 0 Å². The lowest BCUT2D eigenvalue weighted by Gasteiger charge is -2.44. The maximum absolute atomic E-state index is 5.96. The van der Waals surface area contributed by atoms with E-state index in [2.05, 4.69) is 27.9 Å². The number of thiazole rings is 1. The molecule has 21 heavy (non-hydrogen) atoms. The first-order valence-electron chi connectivity index (χ1n) is 7.59. The van der Waals surface area contributed by atoms with E-state index in [-0.39, 0.29) is 11.6 Å². The number of nitrogens with zero attached hydrogens (tertiary/aromatic N) is 2. The number of hydrogen-bond acceptors (Lipinski definition) is 5. The van der Waals surface area contributed by atoms with Crippen molar-refractivity contribution in [3.05, 3.63) is 23.5 Å². The first-order chi connectivity index (χ1) is 10.2. The number of rotatable bonds is 5. The number of imidazole rings is 1. The fraction of sp³-hybridized carbons (Fsp3) is 0.667. The van der Waals surface area contributed by atoms with Crippen LogP contribution < -0.4 is 11.3 Å². The molecular weight excluding hydrogens is 284 g/mol. The molecule has 1 saturated carbocycles. The Kier molecular flexibility index (Phi) is 4.31. The first-order valence-corrected chi connectivity index (χ1v) is 8.47. The van der Waals surface area contributed by atoms with Crippen molar-refractivity contribution >= 4 is 16.3 Å². The summed E-state index contributed by atoms with van der Waals surface area (Å²) in [4.78, 5) is 5.70. The highest BCUT2D eigenvalue weighted by molar-refractivity contribution is 7.15. The zero-order valence-corrected chi connectivity index (χ0v) is 13.5. The predicted molar refractivity (Wildman–Crippen MR) is 85.3 cm³/mol. The number of fused-ring (bicyclic) bond motifs is 1. The number of methoxy groups -OCH3 is 1. The van der Waals surface area contributed by atoms with E-state index in [1.807, 2.05) is 18.7 Å². The molecule has 3 N–H and O–H groups in total. The summed E-state index contributed by atoms with van der Waals surface area (Å²) in [6.07, 6.45) is 9.52. The van der Waals surface area contributed by atoms with E-state index in [4.69, 9.17) is 10.6 Å². The lowest BCUT2D eigenvalue weighted by Crippen LogP contribution is -2.57. The van der Waals surface area contributed by atoms with Crippen LogP contribution in [0.3, 0.4) is 0 Å². The van der Waals surface area contributed by atoms with Gasteiger partial charge in [-0.25, -0.2) is 4.98 Å². The average molecular weight is 308 g/mol. The number of hydrazine groups is 1. The second kappa shape index (κ2) is 6.04. The number of aromatic nitrogens is 2. The summed E-state index contributed by atoms with van der Waals surface area (Å²) in [5.41, 5.74) is 3.89. The van der Waals surface area contributed by atoms with Crippen molar-refractivity contribution in [2.45, 2.75) is 50.7 Å². The summed E-state index contributed by atoms with van der Waals surface area (Å²) in [5.74, 6) is 6.55. The third-order valence-corrected chi connectivity index (χ3v) is 5.56. The Balaban J connectivity index is 1.81. The van der Waals surface area contributed by atoms with Crippen molar-refractivity contribution in [2.24, 2.45) is 11.8 Å². The number of hydrogen-bond donors (Lipinski definition) is 2. The van der Waals surface area contributed by atoms with Crippen LogP contribution in [0.2, 0.25) is 0 Å². The van der Waals surface area contributed by atoms with Crippen molar-refractivity contribution < 1.29 is 4.74 Å². The molecule has 1 fully saturated rings. The van der Waals surface area contributed by atoms with Gasteiger partial charge >= 0.3 is 0 Å². The minimum atomic E-state index is -0.177. The molecule has 0 bridgehead atoms. The van der Waals surface area contributed by atoms with Crippen molar-refractivity contribution in [2.75, 3.05) is 7.11 Å². The largest absolute Gasteiger partial charge is 0.377 e. The molecule has 0 amide bonds. The molecule has 1 aliphatic carbocycles. The Bertz CT molecular complexity index is 567. The van der Waals surface area contributed by atoms with E-state index in [1.165, 1.54) is 12.8 Å².